The highest BCUT2D eigenvalue weighted by Crippen LogP contribution is 2.09. The Bertz CT molecular complexity index is 228. The van der Waals surface area contributed by atoms with Gasteiger partial charge in [-0.2, -0.15) is 0 Å². The lowest BCUT2D eigenvalue weighted by Gasteiger charge is -2.16. The van der Waals surface area contributed by atoms with Gasteiger partial charge < -0.3 is 9.53 Å². The van der Waals surface area contributed by atoms with Crippen molar-refractivity contribution in [2.75, 3.05) is 0 Å². The van der Waals surface area contributed by atoms with E-state index in [9.17, 15) is 19.7 Å². The number of nitrogens with zero attached hydrogens (tertiary/aromatic N) is 1. The minimum absolute atomic E-state index is 0.149. The molecule has 14 heavy (non-hydrogen) atoms. The van der Waals surface area contributed by atoms with E-state index < -0.39 is 23.0 Å². The number of aldehydes is 1. The molecule has 0 radical (unpaired) electrons. The maximum Gasteiger partial charge on any atom is 0.303 e. The number of carbonyl (C=O) groups excluding carboxylic acids is 2. The Labute approximate surface area is 81.4 Å². The molecule has 0 N–H and O–H groups in total. The van der Waals surface area contributed by atoms with Crippen LogP contribution < -0.4 is 0 Å². The van der Waals surface area contributed by atoms with Crippen LogP contribution in [-0.4, -0.2) is 29.3 Å². The van der Waals surface area contributed by atoms with Crippen LogP contribution in [0.5, 0.6) is 0 Å². The van der Waals surface area contributed by atoms with E-state index in [0.717, 1.165) is 0 Å². The first-order valence-corrected chi connectivity index (χ1v) is 4.23. The molecule has 0 aliphatic heterocycles. The topological polar surface area (TPSA) is 86.5 Å². The number of nitro groups is 1. The summed E-state index contributed by atoms with van der Waals surface area (Å²) in [6.07, 6.45) is 0.150. The van der Waals surface area contributed by atoms with Crippen LogP contribution in [0.1, 0.15) is 26.7 Å². The summed E-state index contributed by atoms with van der Waals surface area (Å²) in [5, 5.41) is 10.4. The lowest BCUT2D eigenvalue weighted by molar-refractivity contribution is -0.529. The van der Waals surface area contributed by atoms with E-state index in [4.69, 9.17) is 4.74 Å². The fraction of sp³-hybridized carbons (Fsp3) is 0.750. The van der Waals surface area contributed by atoms with Gasteiger partial charge in [0.25, 0.3) is 0 Å². The van der Waals surface area contributed by atoms with Crippen LogP contribution in [0.2, 0.25) is 0 Å². The van der Waals surface area contributed by atoms with Crippen molar-refractivity contribution >= 4 is 12.3 Å². The Morgan fingerprint density at radius 2 is 2.21 bits per heavy atom. The number of carbonyl (C=O) groups is 2. The molecule has 6 heteroatoms. The molecular formula is C8H13NO5. The van der Waals surface area contributed by atoms with Crippen LogP contribution in [0.15, 0.2) is 0 Å². The van der Waals surface area contributed by atoms with Gasteiger partial charge in [0, 0.05) is 25.2 Å². The third-order valence-electron chi connectivity index (χ3n) is 1.76. The highest BCUT2D eigenvalue weighted by Gasteiger charge is 2.28. The molecule has 0 rings (SSSR count). The molecule has 0 fully saturated rings. The third kappa shape index (κ3) is 4.54. The number of rotatable bonds is 6. The first-order valence-electron chi connectivity index (χ1n) is 4.23. The molecule has 80 valence electrons. The zero-order valence-corrected chi connectivity index (χ0v) is 8.13. The maximum atomic E-state index is 10.6. The molecular weight excluding hydrogens is 190 g/mol. The van der Waals surface area contributed by atoms with Crippen LogP contribution in [0.4, 0.5) is 0 Å². The molecule has 0 saturated carbocycles. The number of ether oxygens (including phenoxy) is 1. The van der Waals surface area contributed by atoms with Gasteiger partial charge in [-0.15, -0.1) is 0 Å². The maximum absolute atomic E-state index is 10.6. The largest absolute Gasteiger partial charge is 0.455 e. The van der Waals surface area contributed by atoms with Crippen LogP contribution in [0, 0.1) is 10.1 Å². The molecule has 2 atom stereocenters. The van der Waals surface area contributed by atoms with Gasteiger partial charge in [-0.05, 0) is 6.42 Å². The number of hydrogen-bond donors (Lipinski definition) is 0. The minimum atomic E-state index is -0.987. The van der Waals surface area contributed by atoms with Gasteiger partial charge in [-0.3, -0.25) is 14.9 Å². The van der Waals surface area contributed by atoms with Crippen LogP contribution in [0.3, 0.4) is 0 Å². The van der Waals surface area contributed by atoms with Gasteiger partial charge in [0.15, 0.2) is 6.10 Å². The number of esters is 1. The SMILES string of the molecule is CC(=O)OC(CCC=O)C(C)[N+](=O)[O-]. The molecule has 6 nitrogen and oxygen atoms in total. The number of hydrogen-bond acceptors (Lipinski definition) is 5. The molecule has 0 aromatic rings. The molecule has 0 aliphatic rings. The third-order valence-corrected chi connectivity index (χ3v) is 1.76. The average molecular weight is 203 g/mol. The van der Waals surface area contributed by atoms with Crippen molar-refractivity contribution in [3.05, 3.63) is 10.1 Å². The van der Waals surface area contributed by atoms with Crippen LogP contribution in [-0.2, 0) is 14.3 Å². The highest BCUT2D eigenvalue weighted by atomic mass is 16.6. The molecule has 0 aliphatic carbocycles. The summed E-state index contributed by atoms with van der Waals surface area (Å²) < 4.78 is 4.74. The van der Waals surface area contributed by atoms with E-state index in [1.807, 2.05) is 0 Å². The second kappa shape index (κ2) is 6.06. The zero-order chi connectivity index (χ0) is 11.1. The van der Waals surface area contributed by atoms with Crippen molar-refractivity contribution in [1.29, 1.82) is 0 Å². The Hall–Kier alpha value is -1.46. The lowest BCUT2D eigenvalue weighted by Crippen LogP contribution is -2.34. The molecule has 0 saturated heterocycles. The first-order chi connectivity index (χ1) is 6.49. The normalized spacial score (nSPS) is 14.1. The standard InChI is InChI=1S/C8H13NO5/c1-6(9(12)13)8(4-3-5-10)14-7(2)11/h5-6,8H,3-4H2,1-2H3. The summed E-state index contributed by atoms with van der Waals surface area (Å²) in [4.78, 5) is 30.6. The second-order valence-corrected chi connectivity index (χ2v) is 2.92. The summed E-state index contributed by atoms with van der Waals surface area (Å²) in [6, 6.07) is -0.987. The summed E-state index contributed by atoms with van der Waals surface area (Å²) in [6.45, 7) is 2.53. The van der Waals surface area contributed by atoms with E-state index in [1.54, 1.807) is 0 Å². The van der Waals surface area contributed by atoms with Crippen LogP contribution >= 0.6 is 0 Å². The summed E-state index contributed by atoms with van der Waals surface area (Å²) in [5.41, 5.74) is 0. The quantitative estimate of drug-likeness (QED) is 0.272. The van der Waals surface area contributed by atoms with Gasteiger partial charge >= 0.3 is 5.97 Å². The van der Waals surface area contributed by atoms with Crippen LogP contribution in [0.25, 0.3) is 0 Å². The fourth-order valence-corrected chi connectivity index (χ4v) is 0.980. The van der Waals surface area contributed by atoms with Gasteiger partial charge in [-0.1, -0.05) is 0 Å². The van der Waals surface area contributed by atoms with Crippen molar-refractivity contribution in [3.8, 4) is 0 Å². The molecule has 0 amide bonds. The van der Waals surface area contributed by atoms with Gasteiger partial charge in [0.2, 0.25) is 6.04 Å². The van der Waals surface area contributed by atoms with E-state index in [-0.39, 0.29) is 12.8 Å². The first kappa shape index (κ1) is 12.5. The average Bonchev–Trinajstić information content (AvgIpc) is 2.10. The Balaban J connectivity index is 4.28. The molecule has 0 spiro atoms. The summed E-state index contributed by atoms with van der Waals surface area (Å²) >= 11 is 0. The van der Waals surface area contributed by atoms with E-state index >= 15 is 0 Å². The molecule has 0 aromatic carbocycles. The predicted octanol–water partition coefficient (Wildman–Crippen LogP) is 0.562. The molecule has 2 unspecified atom stereocenters. The Morgan fingerprint density at radius 3 is 2.57 bits per heavy atom. The van der Waals surface area contributed by atoms with Crippen molar-refractivity contribution in [2.24, 2.45) is 0 Å². The molecule has 0 heterocycles. The van der Waals surface area contributed by atoms with E-state index in [2.05, 4.69) is 0 Å². The monoisotopic (exact) mass is 203 g/mol. The molecule has 0 bridgehead atoms. The smallest absolute Gasteiger partial charge is 0.303 e. The van der Waals surface area contributed by atoms with Gasteiger partial charge in [0.05, 0.1) is 0 Å². The second-order valence-electron chi connectivity index (χ2n) is 2.92. The van der Waals surface area contributed by atoms with E-state index in [1.165, 1.54) is 13.8 Å². The minimum Gasteiger partial charge on any atom is -0.455 e. The fourth-order valence-electron chi connectivity index (χ4n) is 0.980. The van der Waals surface area contributed by atoms with Gasteiger partial charge in [0.1, 0.15) is 6.29 Å². The lowest BCUT2D eigenvalue weighted by atomic mass is 10.1. The van der Waals surface area contributed by atoms with Crippen molar-refractivity contribution < 1.29 is 19.2 Å². The molecule has 0 aromatic heterocycles. The van der Waals surface area contributed by atoms with Gasteiger partial charge in [-0.25, -0.2) is 0 Å². The Morgan fingerprint density at radius 1 is 1.64 bits per heavy atom. The highest BCUT2D eigenvalue weighted by molar-refractivity contribution is 5.66. The predicted molar refractivity (Wildman–Crippen MR) is 47.3 cm³/mol. The van der Waals surface area contributed by atoms with Crippen molar-refractivity contribution in [3.63, 3.8) is 0 Å². The zero-order valence-electron chi connectivity index (χ0n) is 8.13. The summed E-state index contributed by atoms with van der Waals surface area (Å²) in [7, 11) is 0. The Kier molecular flexibility index (Phi) is 5.43. The van der Waals surface area contributed by atoms with Crippen molar-refractivity contribution in [2.45, 2.75) is 38.8 Å². The summed E-state index contributed by atoms with van der Waals surface area (Å²) in [5.74, 6) is -0.574. The van der Waals surface area contributed by atoms with Crippen molar-refractivity contribution in [1.82, 2.24) is 0 Å². The van der Waals surface area contributed by atoms with E-state index in [0.29, 0.717) is 6.29 Å².